The number of carboxylic acids is 1. The van der Waals surface area contributed by atoms with Crippen LogP contribution in [0.25, 0.3) is 0 Å². The van der Waals surface area contributed by atoms with Gasteiger partial charge in [0, 0.05) is 6.54 Å². The zero-order chi connectivity index (χ0) is 12.7. The Morgan fingerprint density at radius 3 is 2.94 bits per heavy atom. The van der Waals surface area contributed by atoms with Crippen LogP contribution in [0.3, 0.4) is 0 Å². The Hall–Kier alpha value is -1.47. The highest BCUT2D eigenvalue weighted by molar-refractivity contribution is 5.84. The number of rotatable bonds is 8. The summed E-state index contributed by atoms with van der Waals surface area (Å²) in [5.74, 6) is -1.07. The van der Waals surface area contributed by atoms with Crippen molar-refractivity contribution in [2.75, 3.05) is 13.1 Å². The molecule has 0 saturated carbocycles. The molecule has 0 aromatic carbocycles. The molecule has 1 atom stereocenters. The van der Waals surface area contributed by atoms with Crippen molar-refractivity contribution in [2.24, 2.45) is 0 Å². The van der Waals surface area contributed by atoms with Crippen molar-refractivity contribution in [3.8, 4) is 0 Å². The molecule has 0 radical (unpaired) electrons. The maximum Gasteiger partial charge on any atom is 0.358 e. The summed E-state index contributed by atoms with van der Waals surface area (Å²) in [7, 11) is 0. The van der Waals surface area contributed by atoms with E-state index in [4.69, 9.17) is 10.2 Å². The molecule has 7 heteroatoms. The monoisotopic (exact) mass is 242 g/mol. The van der Waals surface area contributed by atoms with Gasteiger partial charge in [-0.15, -0.1) is 5.10 Å². The molecule has 0 aliphatic heterocycles. The third-order valence-electron chi connectivity index (χ3n) is 2.25. The van der Waals surface area contributed by atoms with Crippen LogP contribution in [0.4, 0.5) is 0 Å². The summed E-state index contributed by atoms with van der Waals surface area (Å²) in [4.78, 5) is 10.5. The summed E-state index contributed by atoms with van der Waals surface area (Å²) in [6.45, 7) is 3.87. The standard InChI is InChI=1S/C10H18N4O3/c1-8(15)3-2-4-11-5-6-14-7-9(10(16)17)12-13-14/h7-8,11,15H,2-6H2,1H3,(H,16,17). The Labute approximate surface area is 99.4 Å². The zero-order valence-corrected chi connectivity index (χ0v) is 9.83. The summed E-state index contributed by atoms with van der Waals surface area (Å²) in [6.07, 6.45) is 2.83. The maximum absolute atomic E-state index is 10.5. The van der Waals surface area contributed by atoms with Gasteiger partial charge >= 0.3 is 5.97 Å². The van der Waals surface area contributed by atoms with E-state index in [1.54, 1.807) is 6.92 Å². The topological polar surface area (TPSA) is 100 Å². The summed E-state index contributed by atoms with van der Waals surface area (Å²) < 4.78 is 1.49. The van der Waals surface area contributed by atoms with Gasteiger partial charge in [-0.05, 0) is 26.3 Å². The van der Waals surface area contributed by atoms with Gasteiger partial charge in [-0.2, -0.15) is 0 Å². The number of hydrogen-bond donors (Lipinski definition) is 3. The van der Waals surface area contributed by atoms with Crippen LogP contribution < -0.4 is 5.32 Å². The Morgan fingerprint density at radius 2 is 2.35 bits per heavy atom. The van der Waals surface area contributed by atoms with Crippen LogP contribution in [0.5, 0.6) is 0 Å². The summed E-state index contributed by atoms with van der Waals surface area (Å²) >= 11 is 0. The Kier molecular flexibility index (Phi) is 5.58. The van der Waals surface area contributed by atoms with E-state index in [-0.39, 0.29) is 11.8 Å². The molecule has 3 N–H and O–H groups in total. The van der Waals surface area contributed by atoms with E-state index in [1.807, 2.05) is 0 Å². The van der Waals surface area contributed by atoms with Gasteiger partial charge in [0.15, 0.2) is 5.69 Å². The quantitative estimate of drug-likeness (QED) is 0.542. The molecule has 1 aromatic heterocycles. The highest BCUT2D eigenvalue weighted by Crippen LogP contribution is 1.94. The first-order valence-electron chi connectivity index (χ1n) is 5.62. The lowest BCUT2D eigenvalue weighted by Crippen LogP contribution is -2.22. The molecule has 96 valence electrons. The number of aromatic nitrogens is 3. The van der Waals surface area contributed by atoms with Gasteiger partial charge < -0.3 is 15.5 Å². The number of aliphatic hydroxyl groups excluding tert-OH is 1. The van der Waals surface area contributed by atoms with Crippen LogP contribution in [0.1, 0.15) is 30.3 Å². The predicted molar refractivity (Wildman–Crippen MR) is 60.8 cm³/mol. The molecule has 7 nitrogen and oxygen atoms in total. The second kappa shape index (κ2) is 6.97. The average molecular weight is 242 g/mol. The summed E-state index contributed by atoms with van der Waals surface area (Å²) in [6, 6.07) is 0. The second-order valence-electron chi connectivity index (χ2n) is 3.91. The molecule has 1 rings (SSSR count). The lowest BCUT2D eigenvalue weighted by atomic mass is 10.2. The molecular formula is C10H18N4O3. The maximum atomic E-state index is 10.5. The van der Waals surface area contributed by atoms with Crippen LogP contribution in [0, 0.1) is 0 Å². The number of aromatic carboxylic acids is 1. The summed E-state index contributed by atoms with van der Waals surface area (Å²) in [5.41, 5.74) is -0.0425. The first kappa shape index (κ1) is 13.6. The lowest BCUT2D eigenvalue weighted by molar-refractivity contribution is 0.0690. The van der Waals surface area contributed by atoms with Crippen LogP contribution in [-0.4, -0.2) is 50.4 Å². The highest BCUT2D eigenvalue weighted by Gasteiger charge is 2.07. The third kappa shape index (κ3) is 5.41. The first-order valence-corrected chi connectivity index (χ1v) is 5.62. The minimum absolute atomic E-state index is 0.0425. The predicted octanol–water partition coefficient (Wildman–Crippen LogP) is -0.273. The van der Waals surface area contributed by atoms with E-state index in [0.717, 1.165) is 19.4 Å². The molecule has 0 fully saturated rings. The van der Waals surface area contributed by atoms with Crippen molar-refractivity contribution in [3.63, 3.8) is 0 Å². The van der Waals surface area contributed by atoms with E-state index >= 15 is 0 Å². The number of hydrogen-bond acceptors (Lipinski definition) is 5. The third-order valence-corrected chi connectivity index (χ3v) is 2.25. The summed E-state index contributed by atoms with van der Waals surface area (Å²) in [5, 5.41) is 28.0. The SMILES string of the molecule is CC(O)CCCNCCn1cc(C(=O)O)nn1. The number of carboxylic acid groups (broad SMARTS) is 1. The number of aliphatic hydroxyl groups is 1. The van der Waals surface area contributed by atoms with Crippen molar-refractivity contribution in [1.29, 1.82) is 0 Å². The van der Waals surface area contributed by atoms with Crippen molar-refractivity contribution < 1.29 is 15.0 Å². The van der Waals surface area contributed by atoms with Crippen LogP contribution >= 0.6 is 0 Å². The number of nitrogens with zero attached hydrogens (tertiary/aromatic N) is 3. The lowest BCUT2D eigenvalue weighted by Gasteiger charge is -2.05. The van der Waals surface area contributed by atoms with Crippen molar-refractivity contribution in [2.45, 2.75) is 32.4 Å². The molecule has 1 unspecified atom stereocenters. The number of carbonyl (C=O) groups is 1. The second-order valence-corrected chi connectivity index (χ2v) is 3.91. The molecule has 0 aliphatic rings. The molecule has 0 amide bonds. The average Bonchev–Trinajstić information content (AvgIpc) is 2.71. The number of nitrogens with one attached hydrogen (secondary N) is 1. The van der Waals surface area contributed by atoms with E-state index in [1.165, 1.54) is 10.9 Å². The molecule has 0 saturated heterocycles. The highest BCUT2D eigenvalue weighted by atomic mass is 16.4. The molecule has 1 aromatic rings. The fourth-order valence-electron chi connectivity index (χ4n) is 1.35. The van der Waals surface area contributed by atoms with Crippen molar-refractivity contribution in [1.82, 2.24) is 20.3 Å². The Bertz CT molecular complexity index is 351. The van der Waals surface area contributed by atoms with Crippen LogP contribution in [0.2, 0.25) is 0 Å². The van der Waals surface area contributed by atoms with Gasteiger partial charge in [0.1, 0.15) is 0 Å². The molecule has 0 spiro atoms. The van der Waals surface area contributed by atoms with Gasteiger partial charge in [0.25, 0.3) is 0 Å². The zero-order valence-electron chi connectivity index (χ0n) is 9.83. The molecule has 0 aliphatic carbocycles. The van der Waals surface area contributed by atoms with Gasteiger partial charge in [0.2, 0.25) is 0 Å². The van der Waals surface area contributed by atoms with Crippen LogP contribution in [-0.2, 0) is 6.54 Å². The Morgan fingerprint density at radius 1 is 1.59 bits per heavy atom. The van der Waals surface area contributed by atoms with Gasteiger partial charge in [-0.25, -0.2) is 4.79 Å². The first-order chi connectivity index (χ1) is 8.09. The molecule has 1 heterocycles. The molecule has 0 bridgehead atoms. The van der Waals surface area contributed by atoms with Gasteiger partial charge in [-0.1, -0.05) is 5.21 Å². The van der Waals surface area contributed by atoms with E-state index in [2.05, 4.69) is 15.6 Å². The van der Waals surface area contributed by atoms with E-state index in [0.29, 0.717) is 13.1 Å². The Balaban J connectivity index is 2.11. The fourth-order valence-corrected chi connectivity index (χ4v) is 1.35. The fraction of sp³-hybridized carbons (Fsp3) is 0.700. The van der Waals surface area contributed by atoms with Crippen LogP contribution in [0.15, 0.2) is 6.20 Å². The minimum Gasteiger partial charge on any atom is -0.476 e. The van der Waals surface area contributed by atoms with Crippen molar-refractivity contribution >= 4 is 5.97 Å². The van der Waals surface area contributed by atoms with Crippen molar-refractivity contribution in [3.05, 3.63) is 11.9 Å². The smallest absolute Gasteiger partial charge is 0.358 e. The van der Waals surface area contributed by atoms with E-state index in [9.17, 15) is 4.79 Å². The normalized spacial score (nSPS) is 12.6. The van der Waals surface area contributed by atoms with E-state index < -0.39 is 5.97 Å². The minimum atomic E-state index is -1.07. The molecular weight excluding hydrogens is 224 g/mol. The molecule has 17 heavy (non-hydrogen) atoms. The van der Waals surface area contributed by atoms with Gasteiger partial charge in [0.05, 0.1) is 18.8 Å². The largest absolute Gasteiger partial charge is 0.476 e. The van der Waals surface area contributed by atoms with Gasteiger partial charge in [-0.3, -0.25) is 4.68 Å².